The summed E-state index contributed by atoms with van der Waals surface area (Å²) < 4.78 is 5.00. The van der Waals surface area contributed by atoms with Crippen molar-refractivity contribution in [2.24, 2.45) is 5.92 Å². The molecule has 1 saturated carbocycles. The van der Waals surface area contributed by atoms with Crippen LogP contribution in [0.2, 0.25) is 0 Å². The Balaban J connectivity index is 2.14. The number of aromatic nitrogens is 2. The zero-order valence-corrected chi connectivity index (χ0v) is 10.5. The molecule has 1 atom stereocenters. The number of Topliss-reactive ketones (excluding diaryl/α,β-unsaturated/α-hetero) is 1. The van der Waals surface area contributed by atoms with Gasteiger partial charge in [-0.1, -0.05) is 19.3 Å². The maximum absolute atomic E-state index is 12.2. The van der Waals surface area contributed by atoms with Gasteiger partial charge < -0.3 is 9.84 Å². The maximum Gasteiger partial charge on any atom is 0.243 e. The number of ketones is 1. The molecule has 0 amide bonds. The van der Waals surface area contributed by atoms with E-state index in [0.29, 0.717) is 0 Å². The molecule has 1 N–H and O–H groups in total. The number of aliphatic hydroxyl groups excluding tert-OH is 1. The molecular formula is C13H18N2O3. The van der Waals surface area contributed by atoms with Gasteiger partial charge in [-0.15, -0.1) is 0 Å². The van der Waals surface area contributed by atoms with Crippen molar-refractivity contribution in [1.82, 2.24) is 9.97 Å². The number of carbonyl (C=O) groups excluding carboxylic acids is 1. The molecule has 2 rings (SSSR count). The van der Waals surface area contributed by atoms with E-state index in [9.17, 15) is 9.90 Å². The minimum Gasteiger partial charge on any atom is -0.479 e. The lowest BCUT2D eigenvalue weighted by molar-refractivity contribution is 0.0525. The van der Waals surface area contributed by atoms with Crippen molar-refractivity contribution in [1.29, 1.82) is 0 Å². The summed E-state index contributed by atoms with van der Waals surface area (Å²) in [5.74, 6) is -0.165. The van der Waals surface area contributed by atoms with Gasteiger partial charge in [0.1, 0.15) is 6.10 Å². The Labute approximate surface area is 106 Å². The van der Waals surface area contributed by atoms with Gasteiger partial charge >= 0.3 is 0 Å². The fraction of sp³-hybridized carbons (Fsp3) is 0.615. The van der Waals surface area contributed by atoms with Crippen molar-refractivity contribution in [3.63, 3.8) is 0 Å². The lowest BCUT2D eigenvalue weighted by atomic mass is 9.83. The second-order valence-electron chi connectivity index (χ2n) is 4.62. The number of ether oxygens (including phenoxy) is 1. The monoisotopic (exact) mass is 250 g/mol. The maximum atomic E-state index is 12.2. The van der Waals surface area contributed by atoms with Gasteiger partial charge in [0, 0.05) is 12.4 Å². The van der Waals surface area contributed by atoms with Crippen molar-refractivity contribution in [3.8, 4) is 5.88 Å². The highest BCUT2D eigenvalue weighted by Crippen LogP contribution is 2.28. The van der Waals surface area contributed by atoms with Gasteiger partial charge in [0.15, 0.2) is 5.69 Å². The number of rotatable bonds is 4. The van der Waals surface area contributed by atoms with Crippen LogP contribution in [0.15, 0.2) is 12.4 Å². The molecule has 98 valence electrons. The molecule has 0 bridgehead atoms. The van der Waals surface area contributed by atoms with Gasteiger partial charge in [-0.05, 0) is 18.8 Å². The third-order valence-corrected chi connectivity index (χ3v) is 3.46. The van der Waals surface area contributed by atoms with Gasteiger partial charge in [0.25, 0.3) is 0 Å². The summed E-state index contributed by atoms with van der Waals surface area (Å²) in [5, 5.41) is 10.1. The number of aliphatic hydroxyl groups is 1. The van der Waals surface area contributed by atoms with Gasteiger partial charge in [-0.25, -0.2) is 9.97 Å². The minimum atomic E-state index is -0.990. The SMILES string of the molecule is COc1nccnc1C(=O)C(O)C1CCCCC1. The van der Waals surface area contributed by atoms with Crippen LogP contribution in [0.5, 0.6) is 5.88 Å². The largest absolute Gasteiger partial charge is 0.479 e. The first-order valence-electron chi connectivity index (χ1n) is 6.31. The van der Waals surface area contributed by atoms with E-state index in [-0.39, 0.29) is 23.3 Å². The molecule has 18 heavy (non-hydrogen) atoms. The van der Waals surface area contributed by atoms with E-state index in [4.69, 9.17) is 4.74 Å². The molecule has 1 aromatic heterocycles. The van der Waals surface area contributed by atoms with Gasteiger partial charge in [0.2, 0.25) is 11.7 Å². The van der Waals surface area contributed by atoms with Crippen LogP contribution in [0.1, 0.15) is 42.6 Å². The molecule has 1 aromatic rings. The number of nitrogens with zero attached hydrogens (tertiary/aromatic N) is 2. The quantitative estimate of drug-likeness (QED) is 0.822. The van der Waals surface area contributed by atoms with Crippen LogP contribution in [0.3, 0.4) is 0 Å². The number of hydrogen-bond acceptors (Lipinski definition) is 5. The molecule has 0 aliphatic heterocycles. The number of hydrogen-bond donors (Lipinski definition) is 1. The Hall–Kier alpha value is -1.49. The molecule has 5 nitrogen and oxygen atoms in total. The number of methoxy groups -OCH3 is 1. The average Bonchev–Trinajstić information content (AvgIpc) is 2.46. The highest BCUT2D eigenvalue weighted by molar-refractivity contribution is 5.99. The van der Waals surface area contributed by atoms with Crippen LogP contribution < -0.4 is 4.74 Å². The predicted molar refractivity (Wildman–Crippen MR) is 65.5 cm³/mol. The van der Waals surface area contributed by atoms with Crippen LogP contribution in [0.25, 0.3) is 0 Å². The molecular weight excluding hydrogens is 232 g/mol. The second kappa shape index (κ2) is 5.91. The molecule has 0 spiro atoms. The molecule has 1 heterocycles. The summed E-state index contributed by atoms with van der Waals surface area (Å²) in [6.07, 6.45) is 7.04. The molecule has 1 aliphatic carbocycles. The molecule has 0 saturated heterocycles. The summed E-state index contributed by atoms with van der Waals surface area (Å²) in [7, 11) is 1.44. The summed E-state index contributed by atoms with van der Waals surface area (Å²) in [6.45, 7) is 0. The molecule has 5 heteroatoms. The zero-order valence-electron chi connectivity index (χ0n) is 10.5. The van der Waals surface area contributed by atoms with Crippen LogP contribution in [0, 0.1) is 5.92 Å². The third kappa shape index (κ3) is 2.67. The van der Waals surface area contributed by atoms with Crippen LogP contribution in [-0.2, 0) is 0 Å². The van der Waals surface area contributed by atoms with Crippen molar-refractivity contribution in [2.45, 2.75) is 38.2 Å². The first kappa shape index (κ1) is 13.0. The highest BCUT2D eigenvalue weighted by Gasteiger charge is 2.30. The smallest absolute Gasteiger partial charge is 0.243 e. The average molecular weight is 250 g/mol. The van der Waals surface area contributed by atoms with Crippen LogP contribution in [-0.4, -0.2) is 34.1 Å². The lowest BCUT2D eigenvalue weighted by Gasteiger charge is -2.25. The minimum absolute atomic E-state index is 0.0398. The van der Waals surface area contributed by atoms with Crippen molar-refractivity contribution < 1.29 is 14.6 Å². The molecule has 1 unspecified atom stereocenters. The summed E-state index contributed by atoms with van der Waals surface area (Å²) in [4.78, 5) is 20.1. The third-order valence-electron chi connectivity index (χ3n) is 3.46. The Morgan fingerprint density at radius 2 is 2.00 bits per heavy atom. The van der Waals surface area contributed by atoms with E-state index in [1.165, 1.54) is 25.9 Å². The molecule has 1 fully saturated rings. The van der Waals surface area contributed by atoms with Gasteiger partial charge in [-0.3, -0.25) is 4.79 Å². The van der Waals surface area contributed by atoms with E-state index in [1.807, 2.05) is 0 Å². The summed E-state index contributed by atoms with van der Waals surface area (Å²) in [5.41, 5.74) is 0.123. The lowest BCUT2D eigenvalue weighted by Crippen LogP contribution is -2.32. The molecule has 0 aromatic carbocycles. The first-order chi connectivity index (χ1) is 8.74. The normalized spacial score (nSPS) is 18.3. The summed E-state index contributed by atoms with van der Waals surface area (Å²) in [6, 6.07) is 0. The zero-order chi connectivity index (χ0) is 13.0. The first-order valence-corrected chi connectivity index (χ1v) is 6.31. The van der Waals surface area contributed by atoms with E-state index >= 15 is 0 Å². The predicted octanol–water partition coefficient (Wildman–Crippen LogP) is 1.61. The van der Waals surface area contributed by atoms with E-state index in [1.54, 1.807) is 0 Å². The standard InChI is InChI=1S/C13H18N2O3/c1-18-13-10(14-7-8-15-13)12(17)11(16)9-5-3-2-4-6-9/h7-9,11,16H,2-6H2,1H3. The van der Waals surface area contributed by atoms with E-state index < -0.39 is 6.10 Å². The highest BCUT2D eigenvalue weighted by atomic mass is 16.5. The fourth-order valence-corrected chi connectivity index (χ4v) is 2.45. The van der Waals surface area contributed by atoms with Gasteiger partial charge in [0.05, 0.1) is 7.11 Å². The van der Waals surface area contributed by atoms with E-state index in [2.05, 4.69) is 9.97 Å². The van der Waals surface area contributed by atoms with Crippen molar-refractivity contribution in [2.75, 3.05) is 7.11 Å². The van der Waals surface area contributed by atoms with E-state index in [0.717, 1.165) is 25.7 Å². The molecule has 1 aliphatic rings. The Kier molecular flexibility index (Phi) is 4.25. The molecule has 0 radical (unpaired) electrons. The fourth-order valence-electron chi connectivity index (χ4n) is 2.45. The summed E-state index contributed by atoms with van der Waals surface area (Å²) >= 11 is 0. The number of carbonyl (C=O) groups is 1. The topological polar surface area (TPSA) is 72.3 Å². The van der Waals surface area contributed by atoms with Crippen molar-refractivity contribution >= 4 is 5.78 Å². The Morgan fingerprint density at radius 3 is 2.67 bits per heavy atom. The van der Waals surface area contributed by atoms with Gasteiger partial charge in [-0.2, -0.15) is 0 Å². The second-order valence-corrected chi connectivity index (χ2v) is 4.62. The van der Waals surface area contributed by atoms with Crippen LogP contribution in [0.4, 0.5) is 0 Å². The van der Waals surface area contributed by atoms with Crippen molar-refractivity contribution in [3.05, 3.63) is 18.1 Å². The Morgan fingerprint density at radius 1 is 1.33 bits per heavy atom. The van der Waals surface area contributed by atoms with Crippen LogP contribution >= 0.6 is 0 Å². The Bertz CT molecular complexity index is 416.